The number of rotatable bonds is 7. The molecule has 8 nitrogen and oxygen atoms in total. The molecule has 3 amide bonds. The van der Waals surface area contributed by atoms with E-state index in [0.717, 1.165) is 29.1 Å². The van der Waals surface area contributed by atoms with Gasteiger partial charge in [0.1, 0.15) is 5.75 Å². The van der Waals surface area contributed by atoms with Gasteiger partial charge >= 0.3 is 6.03 Å². The van der Waals surface area contributed by atoms with Crippen LogP contribution in [0.3, 0.4) is 0 Å². The summed E-state index contributed by atoms with van der Waals surface area (Å²) in [4.78, 5) is 29.3. The summed E-state index contributed by atoms with van der Waals surface area (Å²) >= 11 is 1.11. The molecule has 0 atom stereocenters. The number of halogens is 1. The molecule has 0 saturated heterocycles. The maximum atomic E-state index is 14.8. The van der Waals surface area contributed by atoms with Crippen molar-refractivity contribution < 1.29 is 23.8 Å². The first kappa shape index (κ1) is 23.5. The average Bonchev–Trinajstić information content (AvgIpc) is 3.28. The van der Waals surface area contributed by atoms with Gasteiger partial charge in [-0.25, -0.2) is 19.1 Å². The van der Waals surface area contributed by atoms with Gasteiger partial charge in [0.05, 0.1) is 23.6 Å². The van der Waals surface area contributed by atoms with Crippen molar-refractivity contribution in [1.29, 1.82) is 0 Å². The van der Waals surface area contributed by atoms with Crippen molar-refractivity contribution >= 4 is 34.1 Å². The number of ether oxygens (including phenoxy) is 1. The zero-order chi connectivity index (χ0) is 24.2. The van der Waals surface area contributed by atoms with E-state index < -0.39 is 17.8 Å². The predicted octanol–water partition coefficient (Wildman–Crippen LogP) is 4.93. The van der Waals surface area contributed by atoms with Crippen LogP contribution in [0.5, 0.6) is 11.5 Å². The lowest BCUT2D eigenvalue weighted by Gasteiger charge is -2.22. The van der Waals surface area contributed by atoms with Crippen LogP contribution in [-0.4, -0.2) is 28.6 Å². The first-order valence-corrected chi connectivity index (χ1v) is 11.8. The molecule has 1 fully saturated rings. The molecule has 10 heteroatoms. The number of primary amides is 2. The molecule has 1 aromatic heterocycles. The molecule has 0 bridgehead atoms. The number of phenols is 1. The highest BCUT2D eigenvalue weighted by atomic mass is 32.1. The molecule has 0 spiro atoms. The van der Waals surface area contributed by atoms with Crippen LogP contribution in [-0.2, 0) is 0 Å². The molecule has 5 N–H and O–H groups in total. The third-order valence-corrected chi connectivity index (χ3v) is 6.66. The number of amides is 3. The normalized spacial score (nSPS) is 14.0. The number of aromatic hydroxyl groups is 1. The summed E-state index contributed by atoms with van der Waals surface area (Å²) in [5.41, 5.74) is 12.0. The smallest absolute Gasteiger partial charge is 0.325 e. The van der Waals surface area contributed by atoms with Crippen LogP contribution >= 0.6 is 11.3 Å². The fourth-order valence-corrected chi connectivity index (χ4v) is 4.89. The van der Waals surface area contributed by atoms with Crippen LogP contribution in [0.4, 0.5) is 20.0 Å². The first-order valence-electron chi connectivity index (χ1n) is 10.9. The SMILES string of the molecule is NC(=O)c1cc(-c2csc(N(C(N)=O)c3ccc(OCC4CCCCC4)c(F)c3)n2)ccc1O. The Balaban J connectivity index is 1.55. The van der Waals surface area contributed by atoms with E-state index in [1.54, 1.807) is 17.5 Å². The van der Waals surface area contributed by atoms with Crippen molar-refractivity contribution in [3.63, 3.8) is 0 Å². The third-order valence-electron chi connectivity index (χ3n) is 5.83. The minimum Gasteiger partial charge on any atom is -0.507 e. The van der Waals surface area contributed by atoms with E-state index in [1.165, 1.54) is 43.5 Å². The van der Waals surface area contributed by atoms with Gasteiger partial charge in [0, 0.05) is 17.0 Å². The van der Waals surface area contributed by atoms with Gasteiger partial charge in [-0.2, -0.15) is 0 Å². The van der Waals surface area contributed by atoms with Crippen LogP contribution in [0, 0.1) is 11.7 Å². The number of carbonyl (C=O) groups is 2. The zero-order valence-electron chi connectivity index (χ0n) is 18.4. The molecule has 34 heavy (non-hydrogen) atoms. The molecule has 1 saturated carbocycles. The Morgan fingerprint density at radius 1 is 1.15 bits per heavy atom. The molecule has 178 valence electrons. The molecule has 2 aromatic carbocycles. The van der Waals surface area contributed by atoms with Crippen molar-refractivity contribution in [2.24, 2.45) is 17.4 Å². The first-order chi connectivity index (χ1) is 16.3. The molecular weight excluding hydrogens is 459 g/mol. The van der Waals surface area contributed by atoms with E-state index in [2.05, 4.69) is 4.98 Å². The van der Waals surface area contributed by atoms with E-state index >= 15 is 0 Å². The number of urea groups is 1. The van der Waals surface area contributed by atoms with Crippen molar-refractivity contribution in [3.05, 3.63) is 53.2 Å². The van der Waals surface area contributed by atoms with Gasteiger partial charge in [0.25, 0.3) is 5.91 Å². The largest absolute Gasteiger partial charge is 0.507 e. The van der Waals surface area contributed by atoms with Crippen LogP contribution < -0.4 is 21.1 Å². The van der Waals surface area contributed by atoms with Gasteiger partial charge in [-0.3, -0.25) is 4.79 Å². The lowest BCUT2D eigenvalue weighted by atomic mass is 9.90. The Bertz CT molecular complexity index is 1210. The van der Waals surface area contributed by atoms with E-state index in [-0.39, 0.29) is 27.9 Å². The highest BCUT2D eigenvalue weighted by molar-refractivity contribution is 7.14. The zero-order valence-corrected chi connectivity index (χ0v) is 19.2. The molecule has 1 aliphatic rings. The Labute approximate surface area is 200 Å². The van der Waals surface area contributed by atoms with E-state index in [0.29, 0.717) is 23.8 Å². The van der Waals surface area contributed by atoms with Gasteiger partial charge in [-0.1, -0.05) is 19.3 Å². The number of benzene rings is 2. The topological polar surface area (TPSA) is 132 Å². The van der Waals surface area contributed by atoms with Crippen LogP contribution in [0.25, 0.3) is 11.3 Å². The summed E-state index contributed by atoms with van der Waals surface area (Å²) < 4.78 is 20.5. The lowest BCUT2D eigenvalue weighted by Crippen LogP contribution is -2.31. The summed E-state index contributed by atoms with van der Waals surface area (Å²) in [5.74, 6) is -1.07. The molecule has 0 unspecified atom stereocenters. The van der Waals surface area contributed by atoms with Crippen LogP contribution in [0.1, 0.15) is 42.5 Å². The van der Waals surface area contributed by atoms with E-state index in [1.807, 2.05) is 0 Å². The summed E-state index contributed by atoms with van der Waals surface area (Å²) in [6, 6.07) is 7.69. The second kappa shape index (κ2) is 10.1. The maximum absolute atomic E-state index is 14.8. The molecule has 0 radical (unpaired) electrons. The quantitative estimate of drug-likeness (QED) is 0.437. The Morgan fingerprint density at radius 3 is 2.59 bits per heavy atom. The molecule has 0 aliphatic heterocycles. The average molecular weight is 485 g/mol. The lowest BCUT2D eigenvalue weighted by molar-refractivity contribution is 0.0997. The van der Waals surface area contributed by atoms with Gasteiger partial charge < -0.3 is 21.3 Å². The number of thiazole rings is 1. The van der Waals surface area contributed by atoms with Crippen molar-refractivity contribution in [2.75, 3.05) is 11.5 Å². The number of nitrogens with zero attached hydrogens (tertiary/aromatic N) is 2. The fraction of sp³-hybridized carbons (Fsp3) is 0.292. The second-order valence-corrected chi connectivity index (χ2v) is 9.05. The number of hydrogen-bond donors (Lipinski definition) is 3. The predicted molar refractivity (Wildman–Crippen MR) is 128 cm³/mol. The van der Waals surface area contributed by atoms with Gasteiger partial charge in [0.15, 0.2) is 16.7 Å². The number of nitrogens with two attached hydrogens (primary N) is 2. The van der Waals surface area contributed by atoms with Crippen molar-refractivity contribution in [2.45, 2.75) is 32.1 Å². The number of hydrogen-bond acceptors (Lipinski definition) is 6. The Kier molecular flexibility index (Phi) is 6.97. The van der Waals surface area contributed by atoms with Gasteiger partial charge in [-0.05, 0) is 49.1 Å². The van der Waals surface area contributed by atoms with Crippen LogP contribution in [0.15, 0.2) is 41.8 Å². The second-order valence-electron chi connectivity index (χ2n) is 8.21. The Morgan fingerprint density at radius 2 is 1.91 bits per heavy atom. The highest BCUT2D eigenvalue weighted by Crippen LogP contribution is 2.35. The minimum atomic E-state index is -0.834. The summed E-state index contributed by atoms with van der Waals surface area (Å²) in [7, 11) is 0. The fourth-order valence-electron chi connectivity index (χ4n) is 4.03. The number of aromatic nitrogens is 1. The maximum Gasteiger partial charge on any atom is 0.325 e. The third kappa shape index (κ3) is 5.12. The molecule has 1 heterocycles. The molecule has 4 rings (SSSR count). The highest BCUT2D eigenvalue weighted by Gasteiger charge is 2.22. The van der Waals surface area contributed by atoms with Gasteiger partial charge in [-0.15, -0.1) is 11.3 Å². The summed E-state index contributed by atoms with van der Waals surface area (Å²) in [5, 5.41) is 11.7. The molecule has 1 aliphatic carbocycles. The van der Waals surface area contributed by atoms with Crippen LogP contribution in [0.2, 0.25) is 0 Å². The van der Waals surface area contributed by atoms with Gasteiger partial charge in [0.2, 0.25) is 0 Å². The number of carbonyl (C=O) groups excluding carboxylic acids is 2. The van der Waals surface area contributed by atoms with Crippen molar-refractivity contribution in [3.8, 4) is 22.8 Å². The Hall–Kier alpha value is -3.66. The number of anilines is 2. The molecule has 3 aromatic rings. The minimum absolute atomic E-state index is 0.0512. The monoisotopic (exact) mass is 484 g/mol. The summed E-state index contributed by atoms with van der Waals surface area (Å²) in [6.07, 6.45) is 5.76. The van der Waals surface area contributed by atoms with E-state index in [4.69, 9.17) is 16.2 Å². The standard InChI is InChI=1S/C24H25FN4O4S/c25-18-11-16(7-9-21(18)33-12-14-4-2-1-3-5-14)29(23(27)32)24-28-19(13-34-24)15-6-8-20(30)17(10-15)22(26)31/h6-11,13-14,30H,1-5,12H2,(H2,26,31)(H2,27,32). The molecular formula is C24H25FN4O4S. The summed E-state index contributed by atoms with van der Waals surface area (Å²) in [6.45, 7) is 0.464. The van der Waals surface area contributed by atoms with E-state index in [9.17, 15) is 19.1 Å². The van der Waals surface area contributed by atoms with Crippen molar-refractivity contribution in [1.82, 2.24) is 4.98 Å².